The maximum atomic E-state index is 12.2. The van der Waals surface area contributed by atoms with E-state index < -0.39 is 0 Å². The van der Waals surface area contributed by atoms with Gasteiger partial charge in [0, 0.05) is 13.7 Å². The molecule has 2 rings (SSSR count). The number of ether oxygens (including phenoxy) is 1. The number of nitrogen functional groups attached to an aromatic ring is 1. The SMILES string of the molecule is CCN(Cc1nc(COC)no1)C(=O)CSc1nnc(N)s1. The number of amides is 1. The van der Waals surface area contributed by atoms with Crippen LogP contribution in [0.3, 0.4) is 0 Å². The predicted molar refractivity (Wildman–Crippen MR) is 81.1 cm³/mol. The highest BCUT2D eigenvalue weighted by molar-refractivity contribution is 8.01. The van der Waals surface area contributed by atoms with E-state index >= 15 is 0 Å². The Balaban J connectivity index is 1.87. The van der Waals surface area contributed by atoms with Crippen LogP contribution >= 0.6 is 23.1 Å². The third kappa shape index (κ3) is 4.64. The fourth-order valence-corrected chi connectivity index (χ4v) is 3.11. The fraction of sp³-hybridized carbons (Fsp3) is 0.545. The molecule has 0 bridgehead atoms. The standard InChI is InChI=1S/C11H16N6O3S2/c1-3-17(4-8-13-7(5-19-2)16-20-8)9(18)6-21-11-15-14-10(12)22-11/h3-6H2,1-2H3,(H2,12,14). The average molecular weight is 344 g/mol. The van der Waals surface area contributed by atoms with E-state index in [1.165, 1.54) is 23.1 Å². The molecule has 0 unspecified atom stereocenters. The summed E-state index contributed by atoms with van der Waals surface area (Å²) in [7, 11) is 1.55. The van der Waals surface area contributed by atoms with Crippen molar-refractivity contribution in [1.29, 1.82) is 0 Å². The third-order valence-corrected chi connectivity index (χ3v) is 4.46. The van der Waals surface area contributed by atoms with E-state index in [2.05, 4.69) is 20.3 Å². The molecule has 0 aliphatic rings. The lowest BCUT2D eigenvalue weighted by molar-refractivity contribution is -0.129. The van der Waals surface area contributed by atoms with Crippen molar-refractivity contribution in [3.05, 3.63) is 11.7 Å². The number of rotatable bonds is 8. The van der Waals surface area contributed by atoms with Gasteiger partial charge in [-0.05, 0) is 6.92 Å². The maximum Gasteiger partial charge on any atom is 0.246 e. The van der Waals surface area contributed by atoms with E-state index in [0.29, 0.717) is 27.7 Å². The van der Waals surface area contributed by atoms with Crippen LogP contribution in [-0.2, 0) is 22.7 Å². The summed E-state index contributed by atoms with van der Waals surface area (Å²) in [6.07, 6.45) is 0. The van der Waals surface area contributed by atoms with Gasteiger partial charge in [0.2, 0.25) is 16.9 Å². The smallest absolute Gasteiger partial charge is 0.246 e. The normalized spacial score (nSPS) is 10.8. The molecule has 0 fully saturated rings. The summed E-state index contributed by atoms with van der Waals surface area (Å²) in [5.74, 6) is 1.04. The van der Waals surface area contributed by atoms with Crippen LogP contribution in [-0.4, -0.2) is 50.6 Å². The van der Waals surface area contributed by atoms with E-state index in [9.17, 15) is 4.79 Å². The molecule has 11 heteroatoms. The first-order valence-electron chi connectivity index (χ1n) is 6.42. The number of nitrogens with two attached hydrogens (primary N) is 1. The molecule has 0 aliphatic heterocycles. The minimum atomic E-state index is -0.0484. The van der Waals surface area contributed by atoms with Crippen LogP contribution in [0.5, 0.6) is 0 Å². The van der Waals surface area contributed by atoms with Crippen LogP contribution in [0.1, 0.15) is 18.6 Å². The van der Waals surface area contributed by atoms with Gasteiger partial charge in [0.25, 0.3) is 0 Å². The molecule has 0 spiro atoms. The molecule has 2 heterocycles. The molecule has 0 atom stereocenters. The second kappa shape index (κ2) is 8.06. The number of carbonyl (C=O) groups excluding carboxylic acids is 1. The number of hydrogen-bond donors (Lipinski definition) is 1. The Kier molecular flexibility index (Phi) is 6.10. The quantitative estimate of drug-likeness (QED) is 0.693. The number of methoxy groups -OCH3 is 1. The number of thioether (sulfide) groups is 1. The summed E-state index contributed by atoms with van der Waals surface area (Å²) >= 11 is 2.56. The van der Waals surface area contributed by atoms with Gasteiger partial charge in [-0.2, -0.15) is 4.98 Å². The Hall–Kier alpha value is -1.72. The van der Waals surface area contributed by atoms with E-state index in [1.807, 2.05) is 6.92 Å². The first-order valence-corrected chi connectivity index (χ1v) is 8.22. The van der Waals surface area contributed by atoms with E-state index in [0.717, 1.165) is 0 Å². The molecule has 2 N–H and O–H groups in total. The zero-order valence-electron chi connectivity index (χ0n) is 12.2. The lowest BCUT2D eigenvalue weighted by Gasteiger charge is -2.18. The molecule has 0 saturated carbocycles. The number of anilines is 1. The minimum absolute atomic E-state index is 0.0484. The van der Waals surface area contributed by atoms with Gasteiger partial charge in [-0.15, -0.1) is 10.2 Å². The number of hydrogen-bond acceptors (Lipinski definition) is 10. The summed E-state index contributed by atoms with van der Waals surface area (Å²) in [5.41, 5.74) is 5.50. The monoisotopic (exact) mass is 344 g/mol. The van der Waals surface area contributed by atoms with Crippen molar-refractivity contribution in [3.8, 4) is 0 Å². The van der Waals surface area contributed by atoms with Gasteiger partial charge < -0.3 is 19.9 Å². The third-order valence-electron chi connectivity index (χ3n) is 2.59. The first-order chi connectivity index (χ1) is 10.6. The van der Waals surface area contributed by atoms with Crippen LogP contribution in [0, 0.1) is 0 Å². The summed E-state index contributed by atoms with van der Waals surface area (Å²) in [6.45, 7) is 2.97. The van der Waals surface area contributed by atoms with Crippen molar-refractivity contribution in [2.75, 3.05) is 25.1 Å². The summed E-state index contributed by atoms with van der Waals surface area (Å²) < 4.78 is 10.7. The highest BCUT2D eigenvalue weighted by Gasteiger charge is 2.17. The second-order valence-electron chi connectivity index (χ2n) is 4.14. The lowest BCUT2D eigenvalue weighted by atomic mass is 10.4. The highest BCUT2D eigenvalue weighted by atomic mass is 32.2. The largest absolute Gasteiger partial charge is 0.377 e. The van der Waals surface area contributed by atoms with Crippen molar-refractivity contribution in [2.24, 2.45) is 0 Å². The zero-order valence-corrected chi connectivity index (χ0v) is 13.8. The van der Waals surface area contributed by atoms with Crippen LogP contribution in [0.4, 0.5) is 5.13 Å². The Labute approximate surface area is 135 Å². The Morgan fingerprint density at radius 1 is 1.50 bits per heavy atom. The van der Waals surface area contributed by atoms with Gasteiger partial charge >= 0.3 is 0 Å². The second-order valence-corrected chi connectivity index (χ2v) is 6.37. The summed E-state index contributed by atoms with van der Waals surface area (Å²) in [6, 6.07) is 0. The van der Waals surface area contributed by atoms with Gasteiger partial charge in [-0.1, -0.05) is 28.3 Å². The average Bonchev–Trinajstić information content (AvgIpc) is 3.12. The molecule has 0 aromatic carbocycles. The van der Waals surface area contributed by atoms with Crippen LogP contribution in [0.2, 0.25) is 0 Å². The molecule has 9 nitrogen and oxygen atoms in total. The molecule has 0 saturated heterocycles. The molecule has 0 radical (unpaired) electrons. The van der Waals surface area contributed by atoms with Gasteiger partial charge in [-0.25, -0.2) is 0 Å². The van der Waals surface area contributed by atoms with Gasteiger partial charge in [0.15, 0.2) is 10.2 Å². The van der Waals surface area contributed by atoms with E-state index in [-0.39, 0.29) is 24.8 Å². The summed E-state index contributed by atoms with van der Waals surface area (Å²) in [4.78, 5) is 18.0. The van der Waals surface area contributed by atoms with Crippen LogP contribution < -0.4 is 5.73 Å². The molecule has 0 aliphatic carbocycles. The Morgan fingerprint density at radius 2 is 2.32 bits per heavy atom. The molecule has 1 amide bonds. The van der Waals surface area contributed by atoms with Crippen molar-refractivity contribution >= 4 is 34.1 Å². The minimum Gasteiger partial charge on any atom is -0.377 e. The highest BCUT2D eigenvalue weighted by Crippen LogP contribution is 2.23. The summed E-state index contributed by atoms with van der Waals surface area (Å²) in [5, 5.41) is 11.7. The Bertz CT molecular complexity index is 616. The number of carbonyl (C=O) groups is 1. The van der Waals surface area contributed by atoms with Gasteiger partial charge in [0.05, 0.1) is 12.3 Å². The van der Waals surface area contributed by atoms with Crippen LogP contribution in [0.15, 0.2) is 8.86 Å². The molecular weight excluding hydrogens is 328 g/mol. The Morgan fingerprint density at radius 3 is 2.95 bits per heavy atom. The fourth-order valence-electron chi connectivity index (χ4n) is 1.58. The first kappa shape index (κ1) is 16.6. The van der Waals surface area contributed by atoms with Crippen LogP contribution in [0.25, 0.3) is 0 Å². The molecule has 2 aromatic heterocycles. The topological polar surface area (TPSA) is 120 Å². The number of nitrogens with zero attached hydrogens (tertiary/aromatic N) is 5. The molecule has 22 heavy (non-hydrogen) atoms. The van der Waals surface area contributed by atoms with Gasteiger partial charge in [-0.3, -0.25) is 4.79 Å². The van der Waals surface area contributed by atoms with Gasteiger partial charge in [0.1, 0.15) is 6.61 Å². The molecular formula is C11H16N6O3S2. The molecule has 120 valence electrons. The lowest BCUT2D eigenvalue weighted by Crippen LogP contribution is -2.31. The van der Waals surface area contributed by atoms with E-state index in [4.69, 9.17) is 15.0 Å². The van der Waals surface area contributed by atoms with Crippen molar-refractivity contribution in [2.45, 2.75) is 24.4 Å². The van der Waals surface area contributed by atoms with Crippen molar-refractivity contribution < 1.29 is 14.1 Å². The molecule has 2 aromatic rings. The maximum absolute atomic E-state index is 12.2. The predicted octanol–water partition coefficient (Wildman–Crippen LogP) is 0.790. The number of aromatic nitrogens is 4. The van der Waals surface area contributed by atoms with Crippen molar-refractivity contribution in [1.82, 2.24) is 25.2 Å². The van der Waals surface area contributed by atoms with Crippen molar-refractivity contribution in [3.63, 3.8) is 0 Å². The van der Waals surface area contributed by atoms with E-state index in [1.54, 1.807) is 12.0 Å². The zero-order chi connectivity index (χ0) is 15.9.